The van der Waals surface area contributed by atoms with Crippen LogP contribution in [0.25, 0.3) is 0 Å². The monoisotopic (exact) mass is 295 g/mol. The van der Waals surface area contributed by atoms with E-state index in [2.05, 4.69) is 0 Å². The summed E-state index contributed by atoms with van der Waals surface area (Å²) < 4.78 is 10.6. The number of hydrogen-bond acceptors (Lipinski definition) is 6. The van der Waals surface area contributed by atoms with E-state index in [-0.39, 0.29) is 24.8 Å². The summed E-state index contributed by atoms with van der Waals surface area (Å²) in [7, 11) is 3.22. The van der Waals surface area contributed by atoms with Crippen LogP contribution in [-0.4, -0.2) is 54.4 Å². The summed E-state index contributed by atoms with van der Waals surface area (Å²) in [5.41, 5.74) is 1.06. The minimum Gasteiger partial charge on any atom is -0.493 e. The molecular formula is C15H21NO5. The summed E-state index contributed by atoms with van der Waals surface area (Å²) in [6.45, 7) is -0.254. The van der Waals surface area contributed by atoms with Gasteiger partial charge >= 0.3 is 0 Å². The van der Waals surface area contributed by atoms with Gasteiger partial charge in [-0.05, 0) is 30.5 Å². The van der Waals surface area contributed by atoms with Crippen molar-refractivity contribution in [2.75, 3.05) is 20.8 Å². The number of rotatable bonds is 5. The molecule has 116 valence electrons. The smallest absolute Gasteiger partial charge is 0.161 e. The third-order valence-corrected chi connectivity index (χ3v) is 4.32. The van der Waals surface area contributed by atoms with Crippen LogP contribution in [0.3, 0.4) is 0 Å². The van der Waals surface area contributed by atoms with Gasteiger partial charge in [0, 0.05) is 0 Å². The fourth-order valence-corrected chi connectivity index (χ4v) is 3.25. The van der Waals surface area contributed by atoms with Crippen LogP contribution in [0.1, 0.15) is 24.4 Å². The fraction of sp³-hybridized carbons (Fsp3) is 0.600. The first-order valence-corrected chi connectivity index (χ1v) is 7.14. The molecule has 2 N–H and O–H groups in total. The number of aliphatic hydroxyl groups is 2. The Morgan fingerprint density at radius 1 is 1.29 bits per heavy atom. The minimum atomic E-state index is -0.780. The molecule has 0 aliphatic carbocycles. The SMILES string of the molecule is COc1ccc([C@@H]2C[C@@H]3C[C@H]([C@H](O)CO)N2O3)cc1OC. The Morgan fingerprint density at radius 2 is 2.05 bits per heavy atom. The Morgan fingerprint density at radius 3 is 2.67 bits per heavy atom. The van der Waals surface area contributed by atoms with E-state index in [4.69, 9.17) is 19.4 Å². The van der Waals surface area contributed by atoms with E-state index in [1.165, 1.54) is 0 Å². The zero-order valence-corrected chi connectivity index (χ0v) is 12.2. The first-order valence-electron chi connectivity index (χ1n) is 7.14. The molecule has 0 aromatic heterocycles. The van der Waals surface area contributed by atoms with Crippen molar-refractivity contribution in [3.05, 3.63) is 23.8 Å². The Hall–Kier alpha value is -1.34. The molecule has 1 aromatic carbocycles. The van der Waals surface area contributed by atoms with Crippen molar-refractivity contribution in [1.82, 2.24) is 5.06 Å². The van der Waals surface area contributed by atoms with Crippen molar-refractivity contribution in [3.8, 4) is 11.5 Å². The van der Waals surface area contributed by atoms with Crippen LogP contribution in [0.15, 0.2) is 18.2 Å². The molecule has 0 amide bonds. The van der Waals surface area contributed by atoms with Crippen molar-refractivity contribution in [2.45, 2.75) is 37.1 Å². The van der Waals surface area contributed by atoms with Gasteiger partial charge in [0.05, 0.1) is 45.1 Å². The largest absolute Gasteiger partial charge is 0.493 e. The van der Waals surface area contributed by atoms with Crippen molar-refractivity contribution in [1.29, 1.82) is 0 Å². The highest BCUT2D eigenvalue weighted by Crippen LogP contribution is 2.46. The number of ether oxygens (including phenoxy) is 2. The highest BCUT2D eigenvalue weighted by molar-refractivity contribution is 5.44. The van der Waals surface area contributed by atoms with Crippen LogP contribution in [-0.2, 0) is 4.84 Å². The molecule has 6 heteroatoms. The molecule has 2 aliphatic heterocycles. The maximum absolute atomic E-state index is 9.91. The van der Waals surface area contributed by atoms with Crippen molar-refractivity contribution in [2.24, 2.45) is 0 Å². The molecular weight excluding hydrogens is 274 g/mol. The maximum atomic E-state index is 9.91. The van der Waals surface area contributed by atoms with Crippen LogP contribution in [0, 0.1) is 0 Å². The normalized spacial score (nSPS) is 32.2. The van der Waals surface area contributed by atoms with Gasteiger partial charge in [0.25, 0.3) is 0 Å². The number of benzene rings is 1. The summed E-state index contributed by atoms with van der Waals surface area (Å²) in [5.74, 6) is 1.37. The van der Waals surface area contributed by atoms with Crippen molar-refractivity contribution < 1.29 is 24.5 Å². The molecule has 1 aromatic rings. The van der Waals surface area contributed by atoms with Crippen LogP contribution in [0.2, 0.25) is 0 Å². The second-order valence-electron chi connectivity index (χ2n) is 5.51. The number of methoxy groups -OCH3 is 2. The van der Waals surface area contributed by atoms with Crippen LogP contribution in [0.4, 0.5) is 0 Å². The van der Waals surface area contributed by atoms with Gasteiger partial charge in [0.2, 0.25) is 0 Å². The van der Waals surface area contributed by atoms with Crippen molar-refractivity contribution >= 4 is 0 Å². The van der Waals surface area contributed by atoms with Gasteiger partial charge in [-0.1, -0.05) is 6.07 Å². The third kappa shape index (κ3) is 2.48. The topological polar surface area (TPSA) is 71.4 Å². The van der Waals surface area contributed by atoms with E-state index in [1.807, 2.05) is 23.3 Å². The third-order valence-electron chi connectivity index (χ3n) is 4.32. The van der Waals surface area contributed by atoms with E-state index in [9.17, 15) is 5.11 Å². The number of fused-ring (bicyclic) bond motifs is 2. The molecule has 2 aliphatic rings. The van der Waals surface area contributed by atoms with Crippen LogP contribution in [0.5, 0.6) is 11.5 Å². The van der Waals surface area contributed by atoms with Crippen molar-refractivity contribution in [3.63, 3.8) is 0 Å². The first-order chi connectivity index (χ1) is 10.2. The Balaban J connectivity index is 1.84. The molecule has 2 bridgehead atoms. The molecule has 1 unspecified atom stereocenters. The second kappa shape index (κ2) is 5.81. The molecule has 2 saturated heterocycles. The van der Waals surface area contributed by atoms with Crippen LogP contribution >= 0.6 is 0 Å². The molecule has 6 nitrogen and oxygen atoms in total. The van der Waals surface area contributed by atoms with E-state index in [0.717, 1.165) is 18.4 Å². The lowest BCUT2D eigenvalue weighted by atomic mass is 9.91. The molecule has 0 spiro atoms. The van der Waals surface area contributed by atoms with Gasteiger partial charge in [-0.2, -0.15) is 5.06 Å². The molecule has 2 heterocycles. The lowest BCUT2D eigenvalue weighted by Crippen LogP contribution is -2.42. The summed E-state index contributed by atoms with van der Waals surface area (Å²) in [6.07, 6.45) is 0.961. The second-order valence-corrected chi connectivity index (χ2v) is 5.51. The Bertz CT molecular complexity index is 509. The lowest BCUT2D eigenvalue weighted by molar-refractivity contribution is -0.157. The Kier molecular flexibility index (Phi) is 4.03. The first kappa shape index (κ1) is 14.6. The zero-order chi connectivity index (χ0) is 15.0. The molecule has 21 heavy (non-hydrogen) atoms. The van der Waals surface area contributed by atoms with Crippen LogP contribution < -0.4 is 9.47 Å². The van der Waals surface area contributed by atoms with Gasteiger partial charge in [-0.15, -0.1) is 0 Å². The average molecular weight is 295 g/mol. The highest BCUT2D eigenvalue weighted by atomic mass is 16.7. The average Bonchev–Trinajstić information content (AvgIpc) is 3.13. The molecule has 3 rings (SSSR count). The predicted molar refractivity (Wildman–Crippen MR) is 75.1 cm³/mol. The minimum absolute atomic E-state index is 0.0646. The number of piperidine rings is 1. The van der Waals surface area contributed by atoms with Gasteiger partial charge in [0.15, 0.2) is 11.5 Å². The fourth-order valence-electron chi connectivity index (χ4n) is 3.25. The van der Waals surface area contributed by atoms with E-state index in [0.29, 0.717) is 11.5 Å². The quantitative estimate of drug-likeness (QED) is 0.840. The molecule has 2 fully saturated rings. The Labute approximate surface area is 123 Å². The number of nitrogens with zero attached hydrogens (tertiary/aromatic N) is 1. The molecule has 5 atom stereocenters. The van der Waals surface area contributed by atoms with Gasteiger partial charge in [-0.3, -0.25) is 4.84 Å². The molecule has 0 radical (unpaired) electrons. The van der Waals surface area contributed by atoms with E-state index in [1.54, 1.807) is 14.2 Å². The number of hydrogen-bond donors (Lipinski definition) is 2. The predicted octanol–water partition coefficient (Wildman–Crippen LogP) is 0.876. The van der Waals surface area contributed by atoms with Gasteiger partial charge in [0.1, 0.15) is 0 Å². The summed E-state index contributed by atoms with van der Waals surface area (Å²) in [5, 5.41) is 20.9. The zero-order valence-electron chi connectivity index (χ0n) is 12.2. The van der Waals surface area contributed by atoms with Gasteiger partial charge in [-0.25, -0.2) is 0 Å². The maximum Gasteiger partial charge on any atom is 0.161 e. The summed E-state index contributed by atoms with van der Waals surface area (Å²) in [4.78, 5) is 5.80. The number of aliphatic hydroxyl groups excluding tert-OH is 2. The highest BCUT2D eigenvalue weighted by Gasteiger charge is 2.48. The number of hydroxylamine groups is 2. The summed E-state index contributed by atoms with van der Waals surface area (Å²) in [6, 6.07) is 5.70. The molecule has 0 saturated carbocycles. The lowest BCUT2D eigenvalue weighted by Gasteiger charge is -2.32. The summed E-state index contributed by atoms with van der Waals surface area (Å²) >= 11 is 0. The standard InChI is InChI=1S/C15H21NO5/c1-19-14-4-3-9(5-15(14)20-2)11-6-10-7-12(13(18)8-17)16(11)21-10/h3-5,10-13,17-18H,6-8H2,1-2H3/t10-,11+,12-,13-/m1/s1. The van der Waals surface area contributed by atoms with E-state index < -0.39 is 6.10 Å². The van der Waals surface area contributed by atoms with Gasteiger partial charge < -0.3 is 19.7 Å². The van der Waals surface area contributed by atoms with E-state index >= 15 is 0 Å².